The van der Waals surface area contributed by atoms with Crippen molar-refractivity contribution >= 4 is 0 Å². The minimum Gasteiger partial charge on any atom is -0.377 e. The molecule has 2 N–H and O–H groups in total. The number of hydrogen-bond donors (Lipinski definition) is 1. The minimum absolute atomic E-state index is 0.403. The zero-order valence-corrected chi connectivity index (χ0v) is 13.0. The molecule has 3 atom stereocenters. The quantitative estimate of drug-likeness (QED) is 0.852. The molecule has 0 aromatic heterocycles. The van der Waals surface area contributed by atoms with Crippen molar-refractivity contribution in [2.75, 3.05) is 26.2 Å². The van der Waals surface area contributed by atoms with Gasteiger partial charge in [0.05, 0.1) is 6.10 Å². The Morgan fingerprint density at radius 2 is 2.11 bits per heavy atom. The summed E-state index contributed by atoms with van der Waals surface area (Å²) in [6.07, 6.45) is 6.71. The van der Waals surface area contributed by atoms with Crippen molar-refractivity contribution in [3.8, 4) is 0 Å². The Labute approximate surface area is 118 Å². The number of piperidine rings is 1. The van der Waals surface area contributed by atoms with E-state index in [2.05, 4.69) is 25.7 Å². The van der Waals surface area contributed by atoms with Crippen LogP contribution >= 0.6 is 0 Å². The van der Waals surface area contributed by atoms with Crippen molar-refractivity contribution in [3.63, 3.8) is 0 Å². The average Bonchev–Trinajstić information content (AvgIpc) is 2.35. The molecule has 0 radical (unpaired) electrons. The Kier molecular flexibility index (Phi) is 5.27. The summed E-state index contributed by atoms with van der Waals surface area (Å²) in [5.41, 5.74) is 6.83. The second kappa shape index (κ2) is 6.55. The Bertz CT molecular complexity index is 278. The Hall–Kier alpha value is -0.120. The number of rotatable bonds is 4. The van der Waals surface area contributed by atoms with Crippen molar-refractivity contribution < 1.29 is 4.74 Å². The third-order valence-electron chi connectivity index (χ3n) is 4.93. The standard InChI is InChI=1S/C16H32N2O/c1-4-19-14-6-5-9-18(12-14)11-13-10-16(2,3)8-7-15(13)17/h13-15H,4-12,17H2,1-3H3. The van der Waals surface area contributed by atoms with E-state index in [-0.39, 0.29) is 0 Å². The molecule has 1 aliphatic heterocycles. The minimum atomic E-state index is 0.403. The maximum atomic E-state index is 6.35. The van der Waals surface area contributed by atoms with Crippen LogP contribution in [0.15, 0.2) is 0 Å². The molecule has 2 fully saturated rings. The highest BCUT2D eigenvalue weighted by Crippen LogP contribution is 2.38. The van der Waals surface area contributed by atoms with Gasteiger partial charge in [0.15, 0.2) is 0 Å². The molecule has 19 heavy (non-hydrogen) atoms. The fraction of sp³-hybridized carbons (Fsp3) is 1.00. The lowest BCUT2D eigenvalue weighted by Gasteiger charge is -2.42. The first-order valence-electron chi connectivity index (χ1n) is 8.10. The zero-order chi connectivity index (χ0) is 13.9. The van der Waals surface area contributed by atoms with Gasteiger partial charge in [0, 0.05) is 25.7 Å². The summed E-state index contributed by atoms with van der Waals surface area (Å²) in [7, 11) is 0. The van der Waals surface area contributed by atoms with Gasteiger partial charge in [-0.3, -0.25) is 0 Å². The van der Waals surface area contributed by atoms with Gasteiger partial charge in [0.2, 0.25) is 0 Å². The molecule has 1 aliphatic carbocycles. The van der Waals surface area contributed by atoms with Crippen LogP contribution in [0.4, 0.5) is 0 Å². The van der Waals surface area contributed by atoms with Crippen molar-refractivity contribution in [2.45, 2.75) is 65.0 Å². The first-order valence-corrected chi connectivity index (χ1v) is 8.10. The van der Waals surface area contributed by atoms with Crippen LogP contribution in [0, 0.1) is 11.3 Å². The van der Waals surface area contributed by atoms with E-state index >= 15 is 0 Å². The number of likely N-dealkylation sites (tertiary alicyclic amines) is 1. The van der Waals surface area contributed by atoms with Gasteiger partial charge < -0.3 is 15.4 Å². The van der Waals surface area contributed by atoms with Gasteiger partial charge in [0.25, 0.3) is 0 Å². The topological polar surface area (TPSA) is 38.5 Å². The molecule has 0 aromatic rings. The second-order valence-electron chi connectivity index (χ2n) is 7.31. The smallest absolute Gasteiger partial charge is 0.0702 e. The van der Waals surface area contributed by atoms with Crippen molar-refractivity contribution in [2.24, 2.45) is 17.1 Å². The zero-order valence-electron chi connectivity index (χ0n) is 13.0. The molecule has 1 saturated heterocycles. The van der Waals surface area contributed by atoms with Gasteiger partial charge in [-0.15, -0.1) is 0 Å². The van der Waals surface area contributed by atoms with Crippen LogP contribution in [0.1, 0.15) is 52.9 Å². The van der Waals surface area contributed by atoms with Gasteiger partial charge in [0.1, 0.15) is 0 Å². The normalized spacial score (nSPS) is 36.3. The molecule has 3 heteroatoms. The molecule has 0 amide bonds. The first kappa shape index (κ1) is 15.3. The Balaban J connectivity index is 1.85. The highest BCUT2D eigenvalue weighted by molar-refractivity contribution is 4.89. The van der Waals surface area contributed by atoms with E-state index in [1.54, 1.807) is 0 Å². The van der Waals surface area contributed by atoms with E-state index in [9.17, 15) is 0 Å². The van der Waals surface area contributed by atoms with E-state index in [4.69, 9.17) is 10.5 Å². The molecule has 112 valence electrons. The number of ether oxygens (including phenoxy) is 1. The van der Waals surface area contributed by atoms with Gasteiger partial charge >= 0.3 is 0 Å². The predicted octanol–water partition coefficient (Wildman–Crippen LogP) is 2.64. The SMILES string of the molecule is CCOC1CCCN(CC2CC(C)(C)CCC2N)C1. The van der Waals surface area contributed by atoms with Crippen LogP contribution in [-0.4, -0.2) is 43.3 Å². The molecule has 1 heterocycles. The summed E-state index contributed by atoms with van der Waals surface area (Å²) in [5, 5.41) is 0. The summed E-state index contributed by atoms with van der Waals surface area (Å²) in [6.45, 7) is 11.2. The maximum Gasteiger partial charge on any atom is 0.0702 e. The molecule has 2 aliphatic rings. The van der Waals surface area contributed by atoms with Crippen LogP contribution in [0.2, 0.25) is 0 Å². The van der Waals surface area contributed by atoms with Crippen LogP contribution in [0.5, 0.6) is 0 Å². The third kappa shape index (κ3) is 4.44. The van der Waals surface area contributed by atoms with Crippen LogP contribution in [0.3, 0.4) is 0 Å². The fourth-order valence-corrected chi connectivity index (χ4v) is 3.84. The summed E-state index contributed by atoms with van der Waals surface area (Å²) in [6, 6.07) is 0.403. The molecular weight excluding hydrogens is 236 g/mol. The van der Waals surface area contributed by atoms with Crippen molar-refractivity contribution in [1.29, 1.82) is 0 Å². The highest BCUT2D eigenvalue weighted by Gasteiger charge is 2.34. The van der Waals surface area contributed by atoms with Gasteiger partial charge in [-0.25, -0.2) is 0 Å². The molecule has 1 saturated carbocycles. The van der Waals surface area contributed by atoms with Crippen molar-refractivity contribution in [1.82, 2.24) is 4.90 Å². The first-order chi connectivity index (χ1) is 9.00. The molecule has 0 bridgehead atoms. The maximum absolute atomic E-state index is 6.35. The lowest BCUT2D eigenvalue weighted by molar-refractivity contribution is -0.00432. The molecule has 3 unspecified atom stereocenters. The Morgan fingerprint density at radius 1 is 1.32 bits per heavy atom. The van der Waals surface area contributed by atoms with Crippen molar-refractivity contribution in [3.05, 3.63) is 0 Å². The van der Waals surface area contributed by atoms with Crippen LogP contribution in [-0.2, 0) is 4.74 Å². The predicted molar refractivity (Wildman–Crippen MR) is 80.2 cm³/mol. The fourth-order valence-electron chi connectivity index (χ4n) is 3.84. The summed E-state index contributed by atoms with van der Waals surface area (Å²) in [5.74, 6) is 0.670. The van der Waals surface area contributed by atoms with Gasteiger partial charge in [-0.1, -0.05) is 13.8 Å². The third-order valence-corrected chi connectivity index (χ3v) is 4.93. The number of nitrogens with two attached hydrogens (primary N) is 1. The second-order valence-corrected chi connectivity index (χ2v) is 7.31. The summed E-state index contributed by atoms with van der Waals surface area (Å²) < 4.78 is 5.80. The number of nitrogens with zero attached hydrogens (tertiary/aromatic N) is 1. The summed E-state index contributed by atoms with van der Waals surface area (Å²) >= 11 is 0. The molecular formula is C16H32N2O. The van der Waals surface area contributed by atoms with Crippen LogP contribution in [0.25, 0.3) is 0 Å². The highest BCUT2D eigenvalue weighted by atomic mass is 16.5. The molecule has 2 rings (SSSR count). The van der Waals surface area contributed by atoms with E-state index in [1.165, 1.54) is 45.2 Å². The van der Waals surface area contributed by atoms with Gasteiger partial charge in [-0.2, -0.15) is 0 Å². The molecule has 0 spiro atoms. The molecule has 3 nitrogen and oxygen atoms in total. The van der Waals surface area contributed by atoms with E-state index < -0.39 is 0 Å². The van der Waals surface area contributed by atoms with E-state index in [1.807, 2.05) is 0 Å². The largest absolute Gasteiger partial charge is 0.377 e. The monoisotopic (exact) mass is 268 g/mol. The van der Waals surface area contributed by atoms with Gasteiger partial charge in [-0.05, 0) is 56.9 Å². The lowest BCUT2D eigenvalue weighted by atomic mass is 9.70. The Morgan fingerprint density at radius 3 is 2.84 bits per heavy atom. The van der Waals surface area contributed by atoms with E-state index in [0.717, 1.165) is 13.2 Å². The average molecular weight is 268 g/mol. The molecule has 0 aromatic carbocycles. The van der Waals surface area contributed by atoms with Crippen LogP contribution < -0.4 is 5.73 Å². The van der Waals surface area contributed by atoms with E-state index in [0.29, 0.717) is 23.5 Å². The number of hydrogen-bond acceptors (Lipinski definition) is 3. The summed E-state index contributed by atoms with van der Waals surface area (Å²) in [4.78, 5) is 2.59. The lowest BCUT2D eigenvalue weighted by Crippen LogP contribution is -2.48.